The summed E-state index contributed by atoms with van der Waals surface area (Å²) in [5, 5.41) is 12.9. The lowest BCUT2D eigenvalue weighted by atomic mass is 9.62. The van der Waals surface area contributed by atoms with Gasteiger partial charge >= 0.3 is 0 Å². The first kappa shape index (κ1) is 19.1. The minimum atomic E-state index is -0.619. The van der Waals surface area contributed by atoms with E-state index in [4.69, 9.17) is 0 Å². The first-order chi connectivity index (χ1) is 13.2. The molecule has 7 heteroatoms. The van der Waals surface area contributed by atoms with Gasteiger partial charge in [-0.05, 0) is 49.5 Å². The lowest BCUT2D eigenvalue weighted by Crippen LogP contribution is -2.60. The summed E-state index contributed by atoms with van der Waals surface area (Å²) >= 11 is 1.45. The molecule has 1 aromatic heterocycles. The smallest absolute Gasteiger partial charge is 0.245 e. The highest BCUT2D eigenvalue weighted by Crippen LogP contribution is 2.60. The predicted molar refractivity (Wildman–Crippen MR) is 106 cm³/mol. The number of rotatable bonds is 3. The van der Waals surface area contributed by atoms with Crippen LogP contribution in [0.2, 0.25) is 0 Å². The van der Waals surface area contributed by atoms with E-state index in [0.29, 0.717) is 23.4 Å². The summed E-state index contributed by atoms with van der Waals surface area (Å²) < 4.78 is 0. The van der Waals surface area contributed by atoms with Gasteiger partial charge in [0.25, 0.3) is 0 Å². The summed E-state index contributed by atoms with van der Waals surface area (Å²) in [6.45, 7) is 5.58. The minimum Gasteiger partial charge on any atom is -0.315 e. The zero-order valence-electron chi connectivity index (χ0n) is 16.6. The zero-order chi connectivity index (χ0) is 20.3. The van der Waals surface area contributed by atoms with Crippen LogP contribution in [-0.2, 0) is 27.2 Å². The molecule has 3 amide bonds. The number of anilines is 1. The van der Waals surface area contributed by atoms with Gasteiger partial charge in [-0.3, -0.25) is 19.3 Å². The van der Waals surface area contributed by atoms with Crippen LogP contribution in [0.5, 0.6) is 0 Å². The molecule has 2 aliphatic carbocycles. The molecule has 0 radical (unpaired) electrons. The van der Waals surface area contributed by atoms with Crippen LogP contribution in [0.4, 0.5) is 5.00 Å². The molecule has 2 unspecified atom stereocenters. The number of carbonyl (C=O) groups is 3. The molecule has 2 heterocycles. The van der Waals surface area contributed by atoms with Crippen LogP contribution in [0.3, 0.4) is 0 Å². The van der Waals surface area contributed by atoms with Crippen molar-refractivity contribution >= 4 is 34.1 Å². The number of hydrogen-bond donors (Lipinski definition) is 1. The SMILES string of the molecule is CC12CCC(C(=O)N(CC(=O)Nc3sc4c(c3C#N)CCCC4)C1=O)C2(C)C. The average Bonchev–Trinajstić information content (AvgIpc) is 3.09. The van der Waals surface area contributed by atoms with E-state index >= 15 is 0 Å². The number of hydrogen-bond acceptors (Lipinski definition) is 5. The van der Waals surface area contributed by atoms with Crippen molar-refractivity contribution in [1.29, 1.82) is 5.26 Å². The predicted octanol–water partition coefficient (Wildman–Crippen LogP) is 3.25. The number of carbonyl (C=O) groups excluding carboxylic acids is 3. The second kappa shape index (κ2) is 6.41. The van der Waals surface area contributed by atoms with Crippen molar-refractivity contribution in [3.63, 3.8) is 0 Å². The third-order valence-corrected chi connectivity index (χ3v) is 8.55. The number of nitrogens with zero attached hydrogens (tertiary/aromatic N) is 2. The summed E-state index contributed by atoms with van der Waals surface area (Å²) in [6.07, 6.45) is 5.30. The lowest BCUT2D eigenvalue weighted by molar-refractivity contribution is -0.168. The van der Waals surface area contributed by atoms with Crippen molar-refractivity contribution < 1.29 is 14.4 Å². The summed E-state index contributed by atoms with van der Waals surface area (Å²) in [5.41, 5.74) is 0.574. The van der Waals surface area contributed by atoms with Gasteiger partial charge in [0, 0.05) is 10.8 Å². The molecular formula is C21H25N3O3S. The normalized spacial score (nSPS) is 28.1. The molecular weight excluding hydrogens is 374 g/mol. The first-order valence-corrected chi connectivity index (χ1v) is 10.7. The fourth-order valence-corrected chi connectivity index (χ4v) is 6.39. The molecule has 1 aromatic rings. The lowest BCUT2D eigenvalue weighted by Gasteiger charge is -2.47. The number of aryl methyl sites for hydroxylation is 1. The third kappa shape index (κ3) is 2.54. The van der Waals surface area contributed by atoms with Crippen LogP contribution in [0.15, 0.2) is 0 Å². The molecule has 2 fully saturated rings. The molecule has 1 saturated heterocycles. The van der Waals surface area contributed by atoms with Gasteiger partial charge in [-0.25, -0.2) is 0 Å². The molecule has 4 rings (SSSR count). The van der Waals surface area contributed by atoms with Crippen LogP contribution >= 0.6 is 11.3 Å². The summed E-state index contributed by atoms with van der Waals surface area (Å²) in [7, 11) is 0. The molecule has 2 atom stereocenters. The summed E-state index contributed by atoms with van der Waals surface area (Å²) in [5.74, 6) is -1.14. The third-order valence-electron chi connectivity index (χ3n) is 7.35. The first-order valence-electron chi connectivity index (χ1n) is 9.91. The quantitative estimate of drug-likeness (QED) is 0.790. The van der Waals surface area contributed by atoms with Gasteiger partial charge < -0.3 is 5.32 Å². The Morgan fingerprint density at radius 2 is 2.00 bits per heavy atom. The van der Waals surface area contributed by atoms with Gasteiger partial charge in [0.1, 0.15) is 17.6 Å². The molecule has 0 aromatic carbocycles. The minimum absolute atomic E-state index is 0.230. The van der Waals surface area contributed by atoms with Gasteiger partial charge in [-0.1, -0.05) is 20.8 Å². The Morgan fingerprint density at radius 3 is 2.71 bits per heavy atom. The van der Waals surface area contributed by atoms with E-state index in [9.17, 15) is 19.6 Å². The number of amides is 3. The van der Waals surface area contributed by atoms with Crippen molar-refractivity contribution in [1.82, 2.24) is 4.90 Å². The second-order valence-electron chi connectivity index (χ2n) is 8.95. The highest BCUT2D eigenvalue weighted by molar-refractivity contribution is 7.16. The summed E-state index contributed by atoms with van der Waals surface area (Å²) in [6, 6.07) is 2.22. The maximum atomic E-state index is 13.1. The van der Waals surface area contributed by atoms with Gasteiger partial charge in [-0.15, -0.1) is 11.3 Å². The largest absolute Gasteiger partial charge is 0.315 e. The van der Waals surface area contributed by atoms with Crippen LogP contribution in [0.1, 0.15) is 62.5 Å². The number of fused-ring (bicyclic) bond motifs is 3. The van der Waals surface area contributed by atoms with E-state index in [1.54, 1.807) is 0 Å². The monoisotopic (exact) mass is 399 g/mol. The van der Waals surface area contributed by atoms with Crippen molar-refractivity contribution in [2.75, 3.05) is 11.9 Å². The molecule has 3 aliphatic rings. The molecule has 2 bridgehead atoms. The van der Waals surface area contributed by atoms with Crippen molar-refractivity contribution in [2.45, 2.75) is 59.3 Å². The zero-order valence-corrected chi connectivity index (χ0v) is 17.4. The van der Waals surface area contributed by atoms with Gasteiger partial charge in [0.05, 0.1) is 11.0 Å². The Kier molecular flexibility index (Phi) is 4.38. The van der Waals surface area contributed by atoms with Crippen molar-refractivity contribution in [2.24, 2.45) is 16.7 Å². The van der Waals surface area contributed by atoms with Crippen LogP contribution in [0.25, 0.3) is 0 Å². The maximum absolute atomic E-state index is 13.1. The Labute approximate surface area is 168 Å². The van der Waals surface area contributed by atoms with Crippen molar-refractivity contribution in [3.05, 3.63) is 16.0 Å². The molecule has 148 valence electrons. The fraction of sp³-hybridized carbons (Fsp3) is 0.619. The molecule has 1 aliphatic heterocycles. The highest BCUT2D eigenvalue weighted by atomic mass is 32.1. The topological polar surface area (TPSA) is 90.3 Å². The van der Waals surface area contributed by atoms with Crippen molar-refractivity contribution in [3.8, 4) is 6.07 Å². The van der Waals surface area contributed by atoms with E-state index in [1.165, 1.54) is 11.3 Å². The number of likely N-dealkylation sites (tertiary alicyclic amines) is 1. The van der Waals surface area contributed by atoms with E-state index in [1.807, 2.05) is 20.8 Å². The number of imide groups is 1. The maximum Gasteiger partial charge on any atom is 0.245 e. The number of nitriles is 1. The fourth-order valence-electron chi connectivity index (χ4n) is 5.13. The Bertz CT molecular complexity index is 926. The van der Waals surface area contributed by atoms with Gasteiger partial charge in [0.2, 0.25) is 17.7 Å². The van der Waals surface area contributed by atoms with E-state index < -0.39 is 16.7 Å². The van der Waals surface area contributed by atoms with Gasteiger partial charge in [0.15, 0.2) is 0 Å². The second-order valence-corrected chi connectivity index (χ2v) is 10.1. The molecule has 28 heavy (non-hydrogen) atoms. The van der Waals surface area contributed by atoms with Crippen LogP contribution < -0.4 is 5.32 Å². The Balaban J connectivity index is 1.54. The average molecular weight is 400 g/mol. The number of thiophene rings is 1. The standard InChI is InChI=1S/C21H25N3O3S/c1-20(2)14-8-9-21(20,3)19(27)24(18(14)26)11-16(25)23-17-13(10-22)12-6-4-5-7-15(12)28-17/h14H,4-9,11H2,1-3H3,(H,23,25). The molecule has 1 saturated carbocycles. The number of nitrogens with one attached hydrogen (secondary N) is 1. The van der Waals surface area contributed by atoms with E-state index in [-0.39, 0.29) is 24.3 Å². The van der Waals surface area contributed by atoms with E-state index in [2.05, 4.69) is 11.4 Å². The van der Waals surface area contributed by atoms with E-state index in [0.717, 1.165) is 41.0 Å². The summed E-state index contributed by atoms with van der Waals surface area (Å²) in [4.78, 5) is 41.0. The molecule has 1 N–H and O–H groups in total. The molecule has 0 spiro atoms. The Hall–Kier alpha value is -2.20. The molecule has 6 nitrogen and oxygen atoms in total. The Morgan fingerprint density at radius 1 is 1.29 bits per heavy atom. The number of piperidine rings is 1. The van der Waals surface area contributed by atoms with Crippen LogP contribution in [-0.4, -0.2) is 29.2 Å². The highest BCUT2D eigenvalue weighted by Gasteiger charge is 2.64. The van der Waals surface area contributed by atoms with Crippen LogP contribution in [0, 0.1) is 28.1 Å². The van der Waals surface area contributed by atoms with Gasteiger partial charge in [-0.2, -0.15) is 5.26 Å².